The number of methoxy groups -OCH3 is 3. The van der Waals surface area contributed by atoms with Crippen molar-refractivity contribution in [1.82, 2.24) is 10.6 Å². The maximum absolute atomic E-state index is 12.8. The lowest BCUT2D eigenvalue weighted by atomic mass is 9.95. The molecule has 1 aliphatic heterocycles. The Kier molecular flexibility index (Phi) is 7.96. The smallest absolute Gasteiger partial charge is 0.342 e. The van der Waals surface area contributed by atoms with Crippen molar-refractivity contribution in [3.8, 4) is 17.2 Å². The maximum atomic E-state index is 12.8. The van der Waals surface area contributed by atoms with Crippen molar-refractivity contribution in [2.24, 2.45) is 0 Å². The highest BCUT2D eigenvalue weighted by Crippen LogP contribution is 2.30. The standard InChI is InChI=1S/C24H26N2O8/c1-5-33-23(28)20-18(13-34-22(27)17-12-16(31-3)10-11-19(17)32-4)25-24(29)26-21(20)14-6-8-15(30-2)9-7-14/h6-12,21H,5,13H2,1-4H3,(H2,25,26,29). The number of hydrogen-bond acceptors (Lipinski definition) is 8. The van der Waals surface area contributed by atoms with Gasteiger partial charge in [-0.1, -0.05) is 12.1 Å². The number of benzene rings is 2. The fraction of sp³-hybridized carbons (Fsp3) is 0.292. The molecule has 2 aromatic carbocycles. The number of nitrogens with one attached hydrogen (secondary N) is 2. The minimum absolute atomic E-state index is 0.109. The van der Waals surface area contributed by atoms with Crippen molar-refractivity contribution in [1.29, 1.82) is 0 Å². The largest absolute Gasteiger partial charge is 0.497 e. The molecule has 2 N–H and O–H groups in total. The highest BCUT2D eigenvalue weighted by atomic mass is 16.5. The number of carbonyl (C=O) groups is 3. The van der Waals surface area contributed by atoms with E-state index in [-0.39, 0.29) is 35.8 Å². The lowest BCUT2D eigenvalue weighted by Crippen LogP contribution is -2.47. The first-order valence-electron chi connectivity index (χ1n) is 10.4. The first-order valence-corrected chi connectivity index (χ1v) is 10.4. The van der Waals surface area contributed by atoms with E-state index in [1.54, 1.807) is 43.3 Å². The Morgan fingerprint density at radius 2 is 1.56 bits per heavy atom. The van der Waals surface area contributed by atoms with Gasteiger partial charge in [0.15, 0.2) is 0 Å². The van der Waals surface area contributed by atoms with Gasteiger partial charge in [0.1, 0.15) is 29.4 Å². The lowest BCUT2D eigenvalue weighted by Gasteiger charge is -2.29. The number of esters is 2. The van der Waals surface area contributed by atoms with Gasteiger partial charge in [0.05, 0.1) is 45.2 Å². The monoisotopic (exact) mass is 470 g/mol. The molecule has 0 radical (unpaired) electrons. The summed E-state index contributed by atoms with van der Waals surface area (Å²) in [5.41, 5.74) is 0.986. The van der Waals surface area contributed by atoms with E-state index >= 15 is 0 Å². The average molecular weight is 470 g/mol. The van der Waals surface area contributed by atoms with E-state index in [1.807, 2.05) is 0 Å². The number of amides is 2. The van der Waals surface area contributed by atoms with Crippen molar-refractivity contribution >= 4 is 18.0 Å². The molecule has 180 valence electrons. The molecule has 3 rings (SSSR count). The molecule has 1 aliphatic rings. The van der Waals surface area contributed by atoms with Gasteiger partial charge in [0, 0.05) is 0 Å². The van der Waals surface area contributed by atoms with Gasteiger partial charge in [-0.3, -0.25) is 0 Å². The van der Waals surface area contributed by atoms with Crippen LogP contribution in [-0.4, -0.2) is 52.5 Å². The second-order valence-electron chi connectivity index (χ2n) is 7.06. The zero-order chi connectivity index (χ0) is 24.7. The fourth-order valence-electron chi connectivity index (χ4n) is 3.42. The number of rotatable bonds is 9. The molecule has 0 aromatic heterocycles. The van der Waals surface area contributed by atoms with Gasteiger partial charge < -0.3 is 34.3 Å². The normalized spacial score (nSPS) is 15.1. The molecule has 0 saturated heterocycles. The van der Waals surface area contributed by atoms with Gasteiger partial charge in [-0.15, -0.1) is 0 Å². The number of hydrogen-bond donors (Lipinski definition) is 2. The minimum atomic E-state index is -0.821. The first kappa shape index (κ1) is 24.4. The molecule has 1 unspecified atom stereocenters. The Labute approximate surface area is 196 Å². The van der Waals surface area contributed by atoms with E-state index in [2.05, 4.69) is 10.6 Å². The number of urea groups is 1. The zero-order valence-electron chi connectivity index (χ0n) is 19.3. The molecule has 2 amide bonds. The quantitative estimate of drug-likeness (QED) is 0.537. The van der Waals surface area contributed by atoms with Crippen LogP contribution >= 0.6 is 0 Å². The molecule has 10 heteroatoms. The van der Waals surface area contributed by atoms with E-state index in [0.29, 0.717) is 17.1 Å². The van der Waals surface area contributed by atoms with Crippen LogP contribution in [0.25, 0.3) is 0 Å². The maximum Gasteiger partial charge on any atom is 0.342 e. The predicted octanol–water partition coefficient (Wildman–Crippen LogP) is 2.74. The van der Waals surface area contributed by atoms with Crippen LogP contribution in [0.3, 0.4) is 0 Å². The van der Waals surface area contributed by atoms with Gasteiger partial charge in [-0.25, -0.2) is 14.4 Å². The SMILES string of the molecule is CCOC(=O)C1=C(COC(=O)c2cc(OC)ccc2OC)NC(=O)NC1c1ccc(OC)cc1. The average Bonchev–Trinajstić information content (AvgIpc) is 2.86. The first-order chi connectivity index (χ1) is 16.4. The molecule has 1 atom stereocenters. The van der Waals surface area contributed by atoms with Crippen LogP contribution in [0.1, 0.15) is 28.9 Å². The summed E-state index contributed by atoms with van der Waals surface area (Å²) in [5, 5.41) is 5.27. The van der Waals surface area contributed by atoms with Crippen molar-refractivity contribution < 1.29 is 38.1 Å². The fourth-order valence-corrected chi connectivity index (χ4v) is 3.42. The van der Waals surface area contributed by atoms with Gasteiger partial charge in [0.2, 0.25) is 0 Å². The van der Waals surface area contributed by atoms with Gasteiger partial charge >= 0.3 is 18.0 Å². The summed E-state index contributed by atoms with van der Waals surface area (Å²) >= 11 is 0. The van der Waals surface area contributed by atoms with Crippen LogP contribution in [0.5, 0.6) is 17.2 Å². The lowest BCUT2D eigenvalue weighted by molar-refractivity contribution is -0.139. The molecular formula is C24H26N2O8. The van der Waals surface area contributed by atoms with Crippen molar-refractivity contribution in [3.63, 3.8) is 0 Å². The molecule has 0 fully saturated rings. The third-order valence-corrected chi connectivity index (χ3v) is 5.07. The Hall–Kier alpha value is -4.21. The van der Waals surface area contributed by atoms with Gasteiger partial charge in [-0.2, -0.15) is 0 Å². The summed E-state index contributed by atoms with van der Waals surface area (Å²) in [6, 6.07) is 10.2. The van der Waals surface area contributed by atoms with Crippen LogP contribution in [0.4, 0.5) is 4.79 Å². The van der Waals surface area contributed by atoms with E-state index in [0.717, 1.165) is 0 Å². The second-order valence-corrected chi connectivity index (χ2v) is 7.06. The minimum Gasteiger partial charge on any atom is -0.497 e. The zero-order valence-corrected chi connectivity index (χ0v) is 19.3. The van der Waals surface area contributed by atoms with Crippen LogP contribution < -0.4 is 24.8 Å². The third kappa shape index (κ3) is 5.40. The van der Waals surface area contributed by atoms with E-state index < -0.39 is 24.0 Å². The molecule has 0 bridgehead atoms. The molecule has 0 saturated carbocycles. The van der Waals surface area contributed by atoms with Gasteiger partial charge in [0.25, 0.3) is 0 Å². The second kappa shape index (κ2) is 11.1. The third-order valence-electron chi connectivity index (χ3n) is 5.07. The molecule has 0 aliphatic carbocycles. The molecular weight excluding hydrogens is 444 g/mol. The predicted molar refractivity (Wildman–Crippen MR) is 121 cm³/mol. The summed E-state index contributed by atoms with van der Waals surface area (Å²) in [7, 11) is 4.43. The van der Waals surface area contributed by atoms with E-state index in [1.165, 1.54) is 27.4 Å². The Morgan fingerprint density at radius 3 is 2.18 bits per heavy atom. The summed E-state index contributed by atoms with van der Waals surface area (Å²) in [6.45, 7) is 1.41. The van der Waals surface area contributed by atoms with E-state index in [4.69, 9.17) is 23.7 Å². The van der Waals surface area contributed by atoms with Crippen molar-refractivity contribution in [2.45, 2.75) is 13.0 Å². The van der Waals surface area contributed by atoms with E-state index in [9.17, 15) is 14.4 Å². The summed E-state index contributed by atoms with van der Waals surface area (Å²) in [4.78, 5) is 38.0. The number of ether oxygens (including phenoxy) is 5. The summed E-state index contributed by atoms with van der Waals surface area (Å²) in [6.07, 6.45) is 0. The Morgan fingerprint density at radius 1 is 0.882 bits per heavy atom. The van der Waals surface area contributed by atoms with Crippen molar-refractivity contribution in [3.05, 3.63) is 64.9 Å². The summed E-state index contributed by atoms with van der Waals surface area (Å²) < 4.78 is 26.2. The molecule has 0 spiro atoms. The number of carbonyl (C=O) groups excluding carboxylic acids is 3. The molecule has 1 heterocycles. The highest BCUT2D eigenvalue weighted by Gasteiger charge is 2.34. The summed E-state index contributed by atoms with van der Waals surface area (Å²) in [5.74, 6) is -0.0297. The molecule has 10 nitrogen and oxygen atoms in total. The molecule has 34 heavy (non-hydrogen) atoms. The van der Waals surface area contributed by atoms with Crippen LogP contribution in [0.2, 0.25) is 0 Å². The Balaban J connectivity index is 1.94. The molecule has 2 aromatic rings. The Bertz CT molecular complexity index is 1090. The highest BCUT2D eigenvalue weighted by molar-refractivity contribution is 5.96. The van der Waals surface area contributed by atoms with Crippen LogP contribution in [0.15, 0.2) is 53.7 Å². The topological polar surface area (TPSA) is 121 Å². The van der Waals surface area contributed by atoms with Gasteiger partial charge in [-0.05, 0) is 42.8 Å². The van der Waals surface area contributed by atoms with Crippen LogP contribution in [0, 0.1) is 0 Å². The van der Waals surface area contributed by atoms with Crippen LogP contribution in [-0.2, 0) is 14.3 Å². The van der Waals surface area contributed by atoms with Crippen molar-refractivity contribution in [2.75, 3.05) is 34.5 Å².